The fourth-order valence-electron chi connectivity index (χ4n) is 3.49. The minimum Gasteiger partial charge on any atom is -0.376 e. The number of hydrogen-bond donors (Lipinski definition) is 1. The first-order valence-electron chi connectivity index (χ1n) is 11.3. The van der Waals surface area contributed by atoms with E-state index in [0.717, 1.165) is 29.4 Å². The van der Waals surface area contributed by atoms with Gasteiger partial charge in [-0.1, -0.05) is 18.2 Å². The minimum absolute atomic E-state index is 0.0916. The summed E-state index contributed by atoms with van der Waals surface area (Å²) in [6.07, 6.45) is 2.30. The maximum atomic E-state index is 12.8. The summed E-state index contributed by atoms with van der Waals surface area (Å²) in [7, 11) is 0. The van der Waals surface area contributed by atoms with Gasteiger partial charge in [0.15, 0.2) is 0 Å². The normalized spacial score (nSPS) is 12.5. The number of ether oxygens (including phenoxy) is 1. The van der Waals surface area contributed by atoms with Gasteiger partial charge in [-0.05, 0) is 95.5 Å². The quantitative estimate of drug-likeness (QED) is 0.406. The first kappa shape index (κ1) is 25.4. The van der Waals surface area contributed by atoms with Gasteiger partial charge in [0, 0.05) is 30.9 Å². The Kier molecular flexibility index (Phi) is 8.46. The number of carbonyl (C=O) groups excluding carboxylic acids is 1. The highest BCUT2D eigenvalue weighted by atomic mass is 16.5. The highest BCUT2D eigenvalue weighted by Gasteiger charge is 2.23. The number of hydrogen-bond acceptors (Lipinski definition) is 4. The highest BCUT2D eigenvalue weighted by molar-refractivity contribution is 6.02. The monoisotopic (exact) mass is 435 g/mol. The number of nitrogens with one attached hydrogen (secondary N) is 1. The fraction of sp³-hybridized carbons (Fsp3) is 0.481. The zero-order valence-corrected chi connectivity index (χ0v) is 20.6. The highest BCUT2D eigenvalue weighted by Crippen LogP contribution is 2.24. The summed E-state index contributed by atoms with van der Waals surface area (Å²) >= 11 is 0. The van der Waals surface area contributed by atoms with E-state index < -0.39 is 5.54 Å². The molecule has 0 radical (unpaired) electrons. The van der Waals surface area contributed by atoms with E-state index in [4.69, 9.17) is 4.74 Å². The van der Waals surface area contributed by atoms with E-state index in [1.54, 1.807) is 6.08 Å². The number of anilines is 1. The molecule has 0 atom stereocenters. The molecule has 172 valence electrons. The van der Waals surface area contributed by atoms with Crippen molar-refractivity contribution in [2.45, 2.75) is 66.0 Å². The lowest BCUT2D eigenvalue weighted by Crippen LogP contribution is -2.45. The van der Waals surface area contributed by atoms with Gasteiger partial charge in [-0.2, -0.15) is 5.26 Å². The molecule has 0 fully saturated rings. The van der Waals surface area contributed by atoms with Crippen molar-refractivity contribution in [3.8, 4) is 6.07 Å². The molecule has 1 N–H and O–H groups in total. The van der Waals surface area contributed by atoms with Crippen molar-refractivity contribution in [3.63, 3.8) is 0 Å². The Balaban J connectivity index is 2.16. The summed E-state index contributed by atoms with van der Waals surface area (Å²) in [6.45, 7) is 16.6. The Morgan fingerprint density at radius 1 is 1.06 bits per heavy atom. The van der Waals surface area contributed by atoms with E-state index in [-0.39, 0.29) is 17.1 Å². The van der Waals surface area contributed by atoms with Crippen LogP contribution < -0.4 is 10.2 Å². The lowest BCUT2D eigenvalue weighted by Gasteiger charge is -2.28. The van der Waals surface area contributed by atoms with Crippen molar-refractivity contribution in [2.75, 3.05) is 24.6 Å². The Morgan fingerprint density at radius 2 is 1.69 bits per heavy atom. The van der Waals surface area contributed by atoms with Crippen LogP contribution in [-0.4, -0.2) is 36.7 Å². The molecule has 0 aliphatic rings. The fourth-order valence-corrected chi connectivity index (χ4v) is 3.49. The molecule has 32 heavy (non-hydrogen) atoms. The average Bonchev–Trinajstić information content (AvgIpc) is 2.71. The first-order chi connectivity index (χ1) is 15.0. The number of amides is 1. The van der Waals surface area contributed by atoms with Crippen LogP contribution in [0, 0.1) is 11.3 Å². The SMILES string of the molecule is CCN(CC)c1ccc2cc(C=C(C#N)C(=O)NC(C)(C)CCOC(C)(C)C)ccc2c1. The smallest absolute Gasteiger partial charge is 0.262 e. The molecular weight excluding hydrogens is 398 g/mol. The number of nitriles is 1. The van der Waals surface area contributed by atoms with Gasteiger partial charge in [-0.25, -0.2) is 0 Å². The van der Waals surface area contributed by atoms with Crippen molar-refractivity contribution in [1.82, 2.24) is 5.32 Å². The third-order valence-electron chi connectivity index (χ3n) is 5.37. The molecule has 0 bridgehead atoms. The van der Waals surface area contributed by atoms with E-state index >= 15 is 0 Å². The molecule has 0 aliphatic carbocycles. The van der Waals surface area contributed by atoms with Crippen LogP contribution in [0.2, 0.25) is 0 Å². The molecule has 0 saturated heterocycles. The summed E-state index contributed by atoms with van der Waals surface area (Å²) < 4.78 is 5.77. The lowest BCUT2D eigenvalue weighted by atomic mass is 9.99. The van der Waals surface area contributed by atoms with Crippen LogP contribution in [0.25, 0.3) is 16.8 Å². The molecule has 2 aromatic rings. The van der Waals surface area contributed by atoms with Gasteiger partial charge in [-0.3, -0.25) is 4.79 Å². The van der Waals surface area contributed by atoms with Crippen LogP contribution in [-0.2, 0) is 9.53 Å². The molecule has 1 amide bonds. The third kappa shape index (κ3) is 7.39. The Morgan fingerprint density at radius 3 is 2.28 bits per heavy atom. The largest absolute Gasteiger partial charge is 0.376 e. The van der Waals surface area contributed by atoms with Crippen molar-refractivity contribution in [1.29, 1.82) is 5.26 Å². The van der Waals surface area contributed by atoms with Gasteiger partial charge in [0.1, 0.15) is 11.6 Å². The second-order valence-electron chi connectivity index (χ2n) is 9.68. The van der Waals surface area contributed by atoms with Crippen LogP contribution in [0.3, 0.4) is 0 Å². The first-order valence-corrected chi connectivity index (χ1v) is 11.3. The summed E-state index contributed by atoms with van der Waals surface area (Å²) in [5, 5.41) is 14.8. The van der Waals surface area contributed by atoms with Crippen LogP contribution in [0.1, 0.15) is 60.5 Å². The predicted molar refractivity (Wildman–Crippen MR) is 134 cm³/mol. The molecule has 0 heterocycles. The van der Waals surface area contributed by atoms with E-state index in [1.165, 1.54) is 5.69 Å². The molecule has 0 saturated carbocycles. The topological polar surface area (TPSA) is 65.4 Å². The number of fused-ring (bicyclic) bond motifs is 1. The molecule has 0 aliphatic heterocycles. The van der Waals surface area contributed by atoms with Crippen molar-refractivity contribution in [3.05, 3.63) is 47.5 Å². The molecule has 0 spiro atoms. The summed E-state index contributed by atoms with van der Waals surface area (Å²) in [5.74, 6) is -0.370. The Hall–Kier alpha value is -2.84. The van der Waals surface area contributed by atoms with Crippen LogP contribution in [0.5, 0.6) is 0 Å². The van der Waals surface area contributed by atoms with Crippen molar-refractivity contribution < 1.29 is 9.53 Å². The van der Waals surface area contributed by atoms with E-state index in [0.29, 0.717) is 13.0 Å². The van der Waals surface area contributed by atoms with Crippen molar-refractivity contribution >= 4 is 28.4 Å². The number of rotatable bonds is 9. The Bertz CT molecular complexity index is 1010. The number of nitrogens with zero attached hydrogens (tertiary/aromatic N) is 2. The molecule has 2 aromatic carbocycles. The molecular formula is C27H37N3O2. The standard InChI is InChI=1S/C27H37N3O2/c1-8-30(9-2)24-13-12-21-16-20(10-11-22(21)18-24)17-23(19-28)25(31)29-27(6,7)14-15-32-26(3,4)5/h10-13,16-18H,8-9,14-15H2,1-7H3,(H,29,31). The lowest BCUT2D eigenvalue weighted by molar-refractivity contribution is -0.118. The molecule has 0 unspecified atom stereocenters. The van der Waals surface area contributed by atoms with Gasteiger partial charge in [0.05, 0.1) is 5.60 Å². The summed E-state index contributed by atoms with van der Waals surface area (Å²) in [6, 6.07) is 14.4. The zero-order valence-electron chi connectivity index (χ0n) is 20.6. The van der Waals surface area contributed by atoms with E-state index in [2.05, 4.69) is 48.3 Å². The second kappa shape index (κ2) is 10.7. The van der Waals surface area contributed by atoms with Crippen molar-refractivity contribution in [2.24, 2.45) is 0 Å². The van der Waals surface area contributed by atoms with Crippen LogP contribution >= 0.6 is 0 Å². The molecule has 5 nitrogen and oxygen atoms in total. The predicted octanol–water partition coefficient (Wildman–Crippen LogP) is 5.69. The van der Waals surface area contributed by atoms with Gasteiger partial charge >= 0.3 is 0 Å². The zero-order chi connectivity index (χ0) is 23.9. The number of benzene rings is 2. The average molecular weight is 436 g/mol. The van der Waals surface area contributed by atoms with Gasteiger partial charge in [-0.15, -0.1) is 0 Å². The second-order valence-corrected chi connectivity index (χ2v) is 9.68. The number of carbonyl (C=O) groups is 1. The third-order valence-corrected chi connectivity index (χ3v) is 5.37. The van der Waals surface area contributed by atoms with Gasteiger partial charge in [0.2, 0.25) is 0 Å². The summed E-state index contributed by atoms with van der Waals surface area (Å²) in [4.78, 5) is 15.1. The molecule has 2 rings (SSSR count). The van der Waals surface area contributed by atoms with E-state index in [1.807, 2.05) is 52.8 Å². The van der Waals surface area contributed by atoms with Crippen LogP contribution in [0.15, 0.2) is 42.0 Å². The Labute approximate surface area is 193 Å². The summed E-state index contributed by atoms with van der Waals surface area (Å²) in [5.41, 5.74) is 1.41. The molecule has 5 heteroatoms. The minimum atomic E-state index is -0.484. The molecule has 0 aromatic heterocycles. The maximum absolute atomic E-state index is 12.8. The van der Waals surface area contributed by atoms with Gasteiger partial charge < -0.3 is 15.0 Å². The van der Waals surface area contributed by atoms with E-state index in [9.17, 15) is 10.1 Å². The maximum Gasteiger partial charge on any atom is 0.262 e. The van der Waals surface area contributed by atoms with Crippen LogP contribution in [0.4, 0.5) is 5.69 Å². The van der Waals surface area contributed by atoms with Gasteiger partial charge in [0.25, 0.3) is 5.91 Å².